The average molecular weight is 491 g/mol. The van der Waals surface area contributed by atoms with E-state index in [0.29, 0.717) is 38.7 Å². The van der Waals surface area contributed by atoms with E-state index >= 15 is 0 Å². The molecule has 3 aromatic heterocycles. The van der Waals surface area contributed by atoms with Gasteiger partial charge in [0.1, 0.15) is 16.4 Å². The van der Waals surface area contributed by atoms with E-state index in [0.717, 1.165) is 15.3 Å². The summed E-state index contributed by atoms with van der Waals surface area (Å²) in [4.78, 5) is 40.7. The lowest BCUT2D eigenvalue weighted by atomic mass is 10.2. The van der Waals surface area contributed by atoms with Crippen LogP contribution in [0.4, 0.5) is 0 Å². The Hall–Kier alpha value is -3.43. The molecule has 2 aromatic carbocycles. The number of aryl methyl sites for hydroxylation is 2. The molecule has 1 N–H and O–H groups in total. The van der Waals surface area contributed by atoms with E-state index in [1.54, 1.807) is 17.7 Å². The Morgan fingerprint density at radius 1 is 1.06 bits per heavy atom. The van der Waals surface area contributed by atoms with Crippen molar-refractivity contribution in [3.8, 4) is 11.4 Å². The van der Waals surface area contributed by atoms with Crippen LogP contribution in [0.15, 0.2) is 63.3 Å². The molecule has 5 rings (SSSR count). The van der Waals surface area contributed by atoms with Crippen molar-refractivity contribution < 1.29 is 4.74 Å². The van der Waals surface area contributed by atoms with Gasteiger partial charge in [0.05, 0.1) is 34.3 Å². The number of nitrogens with one attached hydrogen (secondary N) is 1. The third-order valence-corrected chi connectivity index (χ3v) is 7.96. The molecule has 3 heterocycles. The second-order valence-electron chi connectivity index (χ2n) is 7.90. The number of fused-ring (bicyclic) bond motifs is 2. The molecule has 0 saturated heterocycles. The van der Waals surface area contributed by atoms with Gasteiger partial charge in [0, 0.05) is 4.88 Å². The van der Waals surface area contributed by atoms with Crippen molar-refractivity contribution in [3.63, 3.8) is 0 Å². The Kier molecular flexibility index (Phi) is 5.75. The summed E-state index contributed by atoms with van der Waals surface area (Å²) in [6, 6.07) is 14.6. The SMILES string of the molecule is COc1ccccc1-n1c(S[C@@H](C)c2nc3sc(C)c(C)c3c(=O)[nH]2)nc2ccccc2c1=O. The molecular weight excluding hydrogens is 468 g/mol. The largest absolute Gasteiger partial charge is 0.495 e. The Morgan fingerprint density at radius 2 is 1.79 bits per heavy atom. The Morgan fingerprint density at radius 3 is 2.59 bits per heavy atom. The molecule has 0 saturated carbocycles. The molecule has 0 fully saturated rings. The number of thiophene rings is 1. The smallest absolute Gasteiger partial charge is 0.266 e. The predicted octanol–water partition coefficient (Wildman–Crippen LogP) is 5.16. The van der Waals surface area contributed by atoms with Crippen molar-refractivity contribution in [1.82, 2.24) is 19.5 Å². The number of ether oxygens (including phenoxy) is 1. The lowest BCUT2D eigenvalue weighted by Crippen LogP contribution is -2.22. The zero-order valence-corrected chi connectivity index (χ0v) is 20.7. The van der Waals surface area contributed by atoms with Gasteiger partial charge >= 0.3 is 0 Å². The number of para-hydroxylation sites is 3. The monoisotopic (exact) mass is 490 g/mol. The van der Waals surface area contributed by atoms with Crippen LogP contribution in [0.3, 0.4) is 0 Å². The molecule has 5 aromatic rings. The molecule has 0 aliphatic heterocycles. The van der Waals surface area contributed by atoms with Crippen LogP contribution in [0, 0.1) is 13.8 Å². The van der Waals surface area contributed by atoms with Gasteiger partial charge in [0.2, 0.25) is 0 Å². The van der Waals surface area contributed by atoms with Crippen molar-refractivity contribution in [2.45, 2.75) is 31.2 Å². The maximum absolute atomic E-state index is 13.6. The lowest BCUT2D eigenvalue weighted by molar-refractivity contribution is 0.411. The standard InChI is InChI=1S/C25H22N4O3S2/c1-13-14(2)33-23-20(13)22(30)27-21(28-23)15(3)34-25-26-17-10-6-5-9-16(17)24(31)29(25)18-11-7-8-12-19(18)32-4/h5-12,15H,1-4H3,(H,27,28,30)/t15-/m0/s1. The van der Waals surface area contributed by atoms with Crippen LogP contribution in [0.2, 0.25) is 0 Å². The number of methoxy groups -OCH3 is 1. The second kappa shape index (κ2) is 8.73. The summed E-state index contributed by atoms with van der Waals surface area (Å²) >= 11 is 2.88. The minimum absolute atomic E-state index is 0.150. The highest BCUT2D eigenvalue weighted by atomic mass is 32.2. The maximum Gasteiger partial charge on any atom is 0.266 e. The molecule has 34 heavy (non-hydrogen) atoms. The van der Waals surface area contributed by atoms with Crippen LogP contribution in [0.25, 0.3) is 26.8 Å². The molecule has 9 heteroatoms. The lowest BCUT2D eigenvalue weighted by Gasteiger charge is -2.17. The third-order valence-electron chi connectivity index (χ3n) is 5.80. The summed E-state index contributed by atoms with van der Waals surface area (Å²) in [5.74, 6) is 1.10. The van der Waals surface area contributed by atoms with Gasteiger partial charge in [-0.05, 0) is 50.6 Å². The molecule has 1 atom stereocenters. The van der Waals surface area contributed by atoms with Crippen LogP contribution >= 0.6 is 23.1 Å². The topological polar surface area (TPSA) is 89.9 Å². The van der Waals surface area contributed by atoms with E-state index in [9.17, 15) is 9.59 Å². The number of nitrogens with zero attached hydrogens (tertiary/aromatic N) is 3. The minimum Gasteiger partial charge on any atom is -0.495 e. The van der Waals surface area contributed by atoms with Gasteiger partial charge in [0.15, 0.2) is 5.16 Å². The highest BCUT2D eigenvalue weighted by molar-refractivity contribution is 7.99. The summed E-state index contributed by atoms with van der Waals surface area (Å²) in [6.07, 6.45) is 0. The number of thioether (sulfide) groups is 1. The first-order chi connectivity index (χ1) is 16.4. The van der Waals surface area contributed by atoms with Crippen LogP contribution in [-0.4, -0.2) is 26.6 Å². The average Bonchev–Trinajstić information content (AvgIpc) is 3.13. The van der Waals surface area contributed by atoms with Crippen molar-refractivity contribution in [3.05, 3.63) is 85.5 Å². The van der Waals surface area contributed by atoms with Crippen molar-refractivity contribution in [2.75, 3.05) is 7.11 Å². The van der Waals surface area contributed by atoms with Gasteiger partial charge in [-0.3, -0.25) is 14.2 Å². The Balaban J connectivity index is 1.67. The van der Waals surface area contributed by atoms with Gasteiger partial charge in [-0.25, -0.2) is 9.97 Å². The highest BCUT2D eigenvalue weighted by Crippen LogP contribution is 2.36. The second-order valence-corrected chi connectivity index (χ2v) is 10.4. The minimum atomic E-state index is -0.270. The van der Waals surface area contributed by atoms with E-state index in [-0.39, 0.29) is 16.4 Å². The van der Waals surface area contributed by atoms with E-state index < -0.39 is 0 Å². The Bertz CT molecular complexity index is 1670. The van der Waals surface area contributed by atoms with Crippen LogP contribution in [0.1, 0.15) is 28.4 Å². The van der Waals surface area contributed by atoms with E-state index in [1.807, 2.05) is 63.2 Å². The van der Waals surface area contributed by atoms with E-state index in [2.05, 4.69) is 4.98 Å². The molecule has 0 spiro atoms. The van der Waals surface area contributed by atoms with E-state index in [4.69, 9.17) is 14.7 Å². The number of hydrogen-bond donors (Lipinski definition) is 1. The third kappa shape index (κ3) is 3.70. The molecule has 0 unspecified atom stereocenters. The molecule has 172 valence electrons. The Labute approximate surface area is 203 Å². The maximum atomic E-state index is 13.6. The number of hydrogen-bond acceptors (Lipinski definition) is 7. The zero-order chi connectivity index (χ0) is 24.0. The number of H-pyrrole nitrogens is 1. The summed E-state index contributed by atoms with van der Waals surface area (Å²) in [7, 11) is 1.57. The van der Waals surface area contributed by atoms with Crippen molar-refractivity contribution in [2.24, 2.45) is 0 Å². The van der Waals surface area contributed by atoms with Crippen LogP contribution < -0.4 is 15.9 Å². The highest BCUT2D eigenvalue weighted by Gasteiger charge is 2.21. The molecule has 0 amide bonds. The van der Waals surface area contributed by atoms with E-state index in [1.165, 1.54) is 23.1 Å². The first-order valence-corrected chi connectivity index (χ1v) is 12.4. The van der Waals surface area contributed by atoms with Crippen LogP contribution in [-0.2, 0) is 0 Å². The fourth-order valence-electron chi connectivity index (χ4n) is 3.90. The van der Waals surface area contributed by atoms with Crippen LogP contribution in [0.5, 0.6) is 5.75 Å². The number of rotatable bonds is 5. The van der Waals surface area contributed by atoms with Crippen molar-refractivity contribution in [1.29, 1.82) is 0 Å². The van der Waals surface area contributed by atoms with Gasteiger partial charge < -0.3 is 9.72 Å². The number of aromatic amines is 1. The fraction of sp³-hybridized carbons (Fsp3) is 0.200. The normalized spacial score (nSPS) is 12.4. The first kappa shape index (κ1) is 22.4. The zero-order valence-electron chi connectivity index (χ0n) is 19.1. The fourth-order valence-corrected chi connectivity index (χ4v) is 5.91. The summed E-state index contributed by atoms with van der Waals surface area (Å²) in [5, 5.41) is 1.37. The molecular formula is C25H22N4O3S2. The molecule has 0 aliphatic rings. The molecule has 0 bridgehead atoms. The summed E-state index contributed by atoms with van der Waals surface area (Å²) in [5.41, 5.74) is 1.83. The predicted molar refractivity (Wildman–Crippen MR) is 138 cm³/mol. The number of benzene rings is 2. The number of aromatic nitrogens is 4. The van der Waals surface area contributed by atoms with Gasteiger partial charge in [0.25, 0.3) is 11.1 Å². The summed E-state index contributed by atoms with van der Waals surface area (Å²) < 4.78 is 7.10. The molecule has 0 radical (unpaired) electrons. The first-order valence-electron chi connectivity index (χ1n) is 10.7. The molecule has 0 aliphatic carbocycles. The van der Waals surface area contributed by atoms with Gasteiger partial charge in [-0.2, -0.15) is 0 Å². The van der Waals surface area contributed by atoms with Crippen molar-refractivity contribution >= 4 is 44.2 Å². The summed E-state index contributed by atoms with van der Waals surface area (Å²) in [6.45, 7) is 5.87. The quantitative estimate of drug-likeness (QED) is 0.270. The molecule has 7 nitrogen and oxygen atoms in total. The van der Waals surface area contributed by atoms with Gasteiger partial charge in [-0.1, -0.05) is 36.0 Å². The van der Waals surface area contributed by atoms with Gasteiger partial charge in [-0.15, -0.1) is 11.3 Å².